The molecule has 0 unspecified atom stereocenters. The number of amides is 1. The molecule has 1 aliphatic carbocycles. The van der Waals surface area contributed by atoms with Crippen molar-refractivity contribution in [2.45, 2.75) is 52.0 Å². The Morgan fingerprint density at radius 3 is 2.35 bits per heavy atom. The Morgan fingerprint density at radius 2 is 1.75 bits per heavy atom. The molecule has 0 bridgehead atoms. The summed E-state index contributed by atoms with van der Waals surface area (Å²) >= 11 is 5.22. The highest BCUT2D eigenvalue weighted by atomic mass is 32.1. The fraction of sp³-hybridized carbons (Fsp3) is 0.500. The van der Waals surface area contributed by atoms with Gasteiger partial charge in [-0.3, -0.25) is 4.79 Å². The first-order valence-corrected chi connectivity index (χ1v) is 7.67. The van der Waals surface area contributed by atoms with Gasteiger partial charge in [-0.05, 0) is 37.8 Å². The van der Waals surface area contributed by atoms with Crippen LogP contribution in [0.1, 0.15) is 43.2 Å². The van der Waals surface area contributed by atoms with Gasteiger partial charge in [-0.25, -0.2) is 0 Å². The standard InChI is InChI=1S/C16H22N2OS/c1-11-7-6-8-12(2)14(11)18-15(19)16(20)17-13-9-4-3-5-10-13/h6-8,13H,3-5,9-10H2,1-2H3,(H,17,20)(H,18,19). The Bertz CT molecular complexity index is 487. The van der Waals surface area contributed by atoms with Crippen LogP contribution in [0.4, 0.5) is 5.69 Å². The van der Waals surface area contributed by atoms with Gasteiger partial charge in [0.15, 0.2) is 4.99 Å². The molecular weight excluding hydrogens is 268 g/mol. The van der Waals surface area contributed by atoms with Gasteiger partial charge in [0.1, 0.15) is 0 Å². The highest BCUT2D eigenvalue weighted by Gasteiger charge is 2.18. The summed E-state index contributed by atoms with van der Waals surface area (Å²) in [7, 11) is 0. The second-order valence-electron chi connectivity index (χ2n) is 5.53. The molecule has 1 amide bonds. The van der Waals surface area contributed by atoms with Crippen molar-refractivity contribution in [3.05, 3.63) is 29.3 Å². The van der Waals surface area contributed by atoms with Crippen molar-refractivity contribution in [3.63, 3.8) is 0 Å². The van der Waals surface area contributed by atoms with Crippen LogP contribution in [0.25, 0.3) is 0 Å². The number of thiocarbonyl (C=S) groups is 1. The average Bonchev–Trinajstić information content (AvgIpc) is 2.44. The third-order valence-corrected chi connectivity index (χ3v) is 4.17. The van der Waals surface area contributed by atoms with E-state index >= 15 is 0 Å². The molecule has 0 heterocycles. The van der Waals surface area contributed by atoms with Crippen molar-refractivity contribution in [3.8, 4) is 0 Å². The number of anilines is 1. The van der Waals surface area contributed by atoms with Crippen molar-refractivity contribution >= 4 is 28.8 Å². The lowest BCUT2D eigenvalue weighted by molar-refractivity contribution is -0.110. The van der Waals surface area contributed by atoms with E-state index < -0.39 is 0 Å². The number of benzene rings is 1. The highest BCUT2D eigenvalue weighted by molar-refractivity contribution is 7.82. The van der Waals surface area contributed by atoms with Crippen molar-refractivity contribution in [1.82, 2.24) is 5.32 Å². The van der Waals surface area contributed by atoms with Crippen LogP contribution >= 0.6 is 12.2 Å². The van der Waals surface area contributed by atoms with Crippen LogP contribution in [0, 0.1) is 13.8 Å². The van der Waals surface area contributed by atoms with E-state index in [9.17, 15) is 4.79 Å². The zero-order chi connectivity index (χ0) is 14.5. The Kier molecular flexibility index (Phi) is 5.12. The molecule has 2 rings (SSSR count). The molecule has 108 valence electrons. The van der Waals surface area contributed by atoms with Gasteiger partial charge in [0, 0.05) is 11.7 Å². The fourth-order valence-electron chi connectivity index (χ4n) is 2.68. The normalized spacial score (nSPS) is 15.7. The number of rotatable bonds is 2. The Balaban J connectivity index is 1.95. The summed E-state index contributed by atoms with van der Waals surface area (Å²) in [6, 6.07) is 6.32. The van der Waals surface area contributed by atoms with Gasteiger partial charge < -0.3 is 10.6 Å². The lowest BCUT2D eigenvalue weighted by Gasteiger charge is -2.23. The minimum absolute atomic E-state index is 0.206. The van der Waals surface area contributed by atoms with Crippen LogP contribution in [0.5, 0.6) is 0 Å². The summed E-state index contributed by atoms with van der Waals surface area (Å²) in [6.45, 7) is 3.97. The van der Waals surface area contributed by atoms with Crippen molar-refractivity contribution in [2.75, 3.05) is 5.32 Å². The fourth-order valence-corrected chi connectivity index (χ4v) is 2.90. The smallest absolute Gasteiger partial charge is 0.283 e. The quantitative estimate of drug-likeness (QED) is 0.819. The first-order valence-electron chi connectivity index (χ1n) is 7.26. The van der Waals surface area contributed by atoms with E-state index in [0.29, 0.717) is 11.0 Å². The predicted molar refractivity (Wildman–Crippen MR) is 87.2 cm³/mol. The van der Waals surface area contributed by atoms with E-state index in [1.165, 1.54) is 19.3 Å². The van der Waals surface area contributed by atoms with Gasteiger partial charge in [0.25, 0.3) is 5.91 Å². The van der Waals surface area contributed by atoms with E-state index in [4.69, 9.17) is 12.2 Å². The van der Waals surface area contributed by atoms with Crippen molar-refractivity contribution in [1.29, 1.82) is 0 Å². The zero-order valence-electron chi connectivity index (χ0n) is 12.2. The van der Waals surface area contributed by atoms with Crippen LogP contribution in [-0.4, -0.2) is 16.9 Å². The third kappa shape index (κ3) is 3.79. The van der Waals surface area contributed by atoms with Crippen molar-refractivity contribution in [2.24, 2.45) is 0 Å². The second-order valence-corrected chi connectivity index (χ2v) is 5.94. The van der Waals surface area contributed by atoms with E-state index in [1.54, 1.807) is 0 Å². The molecule has 4 heteroatoms. The maximum absolute atomic E-state index is 12.2. The average molecular weight is 290 g/mol. The molecule has 0 atom stereocenters. The van der Waals surface area contributed by atoms with Crippen LogP contribution in [0.3, 0.4) is 0 Å². The zero-order valence-corrected chi connectivity index (χ0v) is 13.0. The summed E-state index contributed by atoms with van der Waals surface area (Å²) in [4.78, 5) is 12.5. The minimum Gasteiger partial charge on any atom is -0.369 e. The maximum atomic E-state index is 12.2. The van der Waals surface area contributed by atoms with Crippen LogP contribution in [-0.2, 0) is 4.79 Å². The van der Waals surface area contributed by atoms with Crippen LogP contribution in [0.2, 0.25) is 0 Å². The molecule has 0 aromatic heterocycles. The number of carbonyl (C=O) groups is 1. The number of hydrogen-bond donors (Lipinski definition) is 2. The molecule has 2 N–H and O–H groups in total. The predicted octanol–water partition coefficient (Wildman–Crippen LogP) is 3.49. The lowest BCUT2D eigenvalue weighted by atomic mass is 9.95. The summed E-state index contributed by atoms with van der Waals surface area (Å²) in [5.41, 5.74) is 2.97. The number of nitrogens with one attached hydrogen (secondary N) is 2. The Labute approximate surface area is 126 Å². The molecule has 1 fully saturated rings. The maximum Gasteiger partial charge on any atom is 0.283 e. The number of para-hydroxylation sites is 1. The monoisotopic (exact) mass is 290 g/mol. The van der Waals surface area contributed by atoms with Crippen LogP contribution in [0.15, 0.2) is 18.2 Å². The molecule has 1 aliphatic rings. The highest BCUT2D eigenvalue weighted by Crippen LogP contribution is 2.20. The van der Waals surface area contributed by atoms with Gasteiger partial charge in [-0.15, -0.1) is 0 Å². The van der Waals surface area contributed by atoms with Gasteiger partial charge >= 0.3 is 0 Å². The molecular formula is C16H22N2OS. The number of aryl methyl sites for hydroxylation is 2. The molecule has 0 radical (unpaired) electrons. The van der Waals surface area contributed by atoms with Crippen LogP contribution < -0.4 is 10.6 Å². The number of hydrogen-bond acceptors (Lipinski definition) is 2. The SMILES string of the molecule is Cc1cccc(C)c1NC(=O)C(=S)NC1CCCCC1. The first-order chi connectivity index (χ1) is 9.58. The molecule has 1 aromatic carbocycles. The van der Waals surface area contributed by atoms with Gasteiger partial charge in [-0.2, -0.15) is 0 Å². The van der Waals surface area contributed by atoms with E-state index in [-0.39, 0.29) is 5.91 Å². The second kappa shape index (κ2) is 6.84. The van der Waals surface area contributed by atoms with E-state index in [0.717, 1.165) is 29.7 Å². The molecule has 0 saturated heterocycles. The molecule has 3 nitrogen and oxygen atoms in total. The Morgan fingerprint density at radius 1 is 1.15 bits per heavy atom. The number of carbonyl (C=O) groups excluding carboxylic acids is 1. The minimum atomic E-state index is -0.206. The largest absolute Gasteiger partial charge is 0.369 e. The molecule has 0 spiro atoms. The summed E-state index contributed by atoms with van der Waals surface area (Å²) < 4.78 is 0. The first kappa shape index (κ1) is 15.0. The topological polar surface area (TPSA) is 41.1 Å². The molecule has 1 aromatic rings. The summed E-state index contributed by atoms with van der Waals surface area (Å²) in [6.07, 6.45) is 5.95. The van der Waals surface area contributed by atoms with Gasteiger partial charge in [0.2, 0.25) is 0 Å². The third-order valence-electron chi connectivity index (χ3n) is 3.87. The Hall–Kier alpha value is -1.42. The summed E-state index contributed by atoms with van der Waals surface area (Å²) in [5, 5.41) is 6.12. The lowest BCUT2D eigenvalue weighted by Crippen LogP contribution is -2.41. The van der Waals surface area contributed by atoms with Gasteiger partial charge in [-0.1, -0.05) is 49.7 Å². The molecule has 0 aliphatic heterocycles. The van der Waals surface area contributed by atoms with Gasteiger partial charge in [0.05, 0.1) is 0 Å². The van der Waals surface area contributed by atoms with E-state index in [2.05, 4.69) is 10.6 Å². The van der Waals surface area contributed by atoms with Crippen molar-refractivity contribution < 1.29 is 4.79 Å². The summed E-state index contributed by atoms with van der Waals surface area (Å²) in [5.74, 6) is -0.206. The molecule has 20 heavy (non-hydrogen) atoms. The molecule has 1 saturated carbocycles. The van der Waals surface area contributed by atoms with E-state index in [1.807, 2.05) is 32.0 Å².